The van der Waals surface area contributed by atoms with Crippen molar-refractivity contribution < 1.29 is 0 Å². The zero-order valence-electron chi connectivity index (χ0n) is 9.57. The fraction of sp³-hybridized carbons (Fsp3) is 1.00. The second kappa shape index (κ2) is 5.55. The van der Waals surface area contributed by atoms with Gasteiger partial charge in [-0.05, 0) is 32.2 Å². The Hall–Kier alpha value is -0.0800. The minimum atomic E-state index is 0.0417. The summed E-state index contributed by atoms with van der Waals surface area (Å²) in [5, 5.41) is 0. The predicted molar refractivity (Wildman–Crippen MR) is 57.1 cm³/mol. The van der Waals surface area contributed by atoms with Gasteiger partial charge in [-0.15, -0.1) is 0 Å². The molecule has 0 aliphatic heterocycles. The Labute approximate surface area is 77.7 Å². The first-order chi connectivity index (χ1) is 5.12. The maximum atomic E-state index is 5.53. The predicted octanol–water partition coefficient (Wildman–Crippen LogP) is 2.12. The van der Waals surface area contributed by atoms with Gasteiger partial charge in [0.2, 0.25) is 0 Å². The molecule has 0 unspecified atom stereocenters. The smallest absolute Gasteiger partial charge is 0.00944 e. The lowest BCUT2D eigenvalue weighted by Gasteiger charge is -2.13. The topological polar surface area (TPSA) is 52.0 Å². The second-order valence-corrected chi connectivity index (χ2v) is 5.11. The molecule has 0 aromatic rings. The van der Waals surface area contributed by atoms with E-state index in [2.05, 4.69) is 27.7 Å². The highest BCUT2D eigenvalue weighted by molar-refractivity contribution is 4.67. The van der Waals surface area contributed by atoms with Gasteiger partial charge in [0.1, 0.15) is 0 Å². The second-order valence-electron chi connectivity index (χ2n) is 5.11. The van der Waals surface area contributed by atoms with Crippen LogP contribution < -0.4 is 11.5 Å². The van der Waals surface area contributed by atoms with Crippen LogP contribution in [0.2, 0.25) is 0 Å². The molecule has 0 aromatic carbocycles. The molecule has 0 spiro atoms. The quantitative estimate of drug-likeness (QED) is 0.640. The largest absolute Gasteiger partial charge is 0.330 e. The zero-order chi connectivity index (χ0) is 10.4. The Morgan fingerprint density at radius 3 is 1.17 bits per heavy atom. The van der Waals surface area contributed by atoms with E-state index in [4.69, 9.17) is 11.5 Å². The third kappa shape index (κ3) is 22.5. The van der Waals surface area contributed by atoms with E-state index in [0.717, 1.165) is 13.0 Å². The maximum absolute atomic E-state index is 5.53. The summed E-state index contributed by atoms with van der Waals surface area (Å²) in [6.45, 7) is 13.2. The van der Waals surface area contributed by atoms with Crippen molar-refractivity contribution >= 4 is 0 Å². The van der Waals surface area contributed by atoms with E-state index in [-0.39, 0.29) is 5.54 Å². The first kappa shape index (κ1) is 14.4. The van der Waals surface area contributed by atoms with Gasteiger partial charge in [-0.25, -0.2) is 0 Å². The molecule has 2 nitrogen and oxygen atoms in total. The third-order valence-electron chi connectivity index (χ3n) is 1.52. The summed E-state index contributed by atoms with van der Waals surface area (Å²) in [7, 11) is 0. The van der Waals surface area contributed by atoms with E-state index in [1.54, 1.807) is 0 Å². The Balaban J connectivity index is 0. The van der Waals surface area contributed by atoms with Crippen LogP contribution in [0.4, 0.5) is 0 Å². The highest BCUT2D eigenvalue weighted by Crippen LogP contribution is 2.07. The lowest BCUT2D eigenvalue weighted by Crippen LogP contribution is -2.30. The highest BCUT2D eigenvalue weighted by Gasteiger charge is 2.04. The monoisotopic (exact) mass is 174 g/mol. The first-order valence-corrected chi connectivity index (χ1v) is 4.61. The Morgan fingerprint density at radius 2 is 1.17 bits per heavy atom. The molecule has 4 N–H and O–H groups in total. The van der Waals surface area contributed by atoms with Crippen LogP contribution in [0.25, 0.3) is 0 Å². The van der Waals surface area contributed by atoms with Gasteiger partial charge < -0.3 is 11.5 Å². The molecular weight excluding hydrogens is 148 g/mol. The van der Waals surface area contributed by atoms with Crippen LogP contribution >= 0.6 is 0 Å². The van der Waals surface area contributed by atoms with Crippen molar-refractivity contribution in [1.82, 2.24) is 0 Å². The molecule has 0 amide bonds. The van der Waals surface area contributed by atoms with Crippen LogP contribution in [0.5, 0.6) is 0 Å². The molecule has 0 aromatic heterocycles. The van der Waals surface area contributed by atoms with Crippen LogP contribution in [-0.4, -0.2) is 12.1 Å². The standard InChI is InChI=1S/2C5H13N/c1-5(2,3)4-6;1-4-5(2,3)6/h2*4,6H2,1-3H3. The van der Waals surface area contributed by atoms with Gasteiger partial charge in [0.05, 0.1) is 0 Å². The summed E-state index contributed by atoms with van der Waals surface area (Å²) < 4.78 is 0. The molecule has 0 fully saturated rings. The summed E-state index contributed by atoms with van der Waals surface area (Å²) in [5.41, 5.74) is 11.2. The summed E-state index contributed by atoms with van der Waals surface area (Å²) in [6.07, 6.45) is 1.05. The van der Waals surface area contributed by atoms with Crippen molar-refractivity contribution in [2.45, 2.75) is 53.5 Å². The molecule has 0 atom stereocenters. The summed E-state index contributed by atoms with van der Waals surface area (Å²) in [4.78, 5) is 0. The van der Waals surface area contributed by atoms with E-state index in [1.165, 1.54) is 0 Å². The van der Waals surface area contributed by atoms with Crippen LogP contribution in [0, 0.1) is 5.41 Å². The van der Waals surface area contributed by atoms with Crippen molar-refractivity contribution in [1.29, 1.82) is 0 Å². The first-order valence-electron chi connectivity index (χ1n) is 4.61. The van der Waals surface area contributed by atoms with Gasteiger partial charge in [-0.1, -0.05) is 27.7 Å². The zero-order valence-corrected chi connectivity index (χ0v) is 9.57. The summed E-state index contributed by atoms with van der Waals surface area (Å²) in [5.74, 6) is 0. The number of nitrogens with two attached hydrogens (primary N) is 2. The van der Waals surface area contributed by atoms with E-state index in [9.17, 15) is 0 Å². The van der Waals surface area contributed by atoms with Crippen molar-refractivity contribution in [3.8, 4) is 0 Å². The molecule has 0 rings (SSSR count). The number of hydrogen-bond donors (Lipinski definition) is 2. The normalized spacial score (nSPS) is 12.0. The molecule has 0 bridgehead atoms. The molecule has 0 heterocycles. The molecular formula is C10H26N2. The van der Waals surface area contributed by atoms with E-state index >= 15 is 0 Å². The number of hydrogen-bond acceptors (Lipinski definition) is 2. The lowest BCUT2D eigenvalue weighted by atomic mass is 9.98. The molecule has 0 saturated carbocycles. The van der Waals surface area contributed by atoms with Crippen molar-refractivity contribution in [2.75, 3.05) is 6.54 Å². The average molecular weight is 174 g/mol. The van der Waals surface area contributed by atoms with Crippen LogP contribution in [0.1, 0.15) is 48.0 Å². The fourth-order valence-electron chi connectivity index (χ4n) is 0. The minimum Gasteiger partial charge on any atom is -0.330 e. The van der Waals surface area contributed by atoms with Gasteiger partial charge in [-0.2, -0.15) is 0 Å². The van der Waals surface area contributed by atoms with Gasteiger partial charge in [0, 0.05) is 5.54 Å². The van der Waals surface area contributed by atoms with Gasteiger partial charge >= 0.3 is 0 Å². The van der Waals surface area contributed by atoms with E-state index < -0.39 is 0 Å². The maximum Gasteiger partial charge on any atom is 0.00944 e. The lowest BCUT2D eigenvalue weighted by molar-refractivity contribution is 0.428. The summed E-state index contributed by atoms with van der Waals surface area (Å²) in [6, 6.07) is 0. The fourth-order valence-corrected chi connectivity index (χ4v) is 0. The van der Waals surface area contributed by atoms with Crippen molar-refractivity contribution in [3.63, 3.8) is 0 Å². The minimum absolute atomic E-state index is 0.0417. The van der Waals surface area contributed by atoms with Crippen LogP contribution in [0.3, 0.4) is 0 Å². The number of rotatable bonds is 1. The molecule has 2 heteroatoms. The SMILES string of the molecule is CC(C)(C)CN.CCC(C)(C)N. The molecule has 0 aliphatic rings. The highest BCUT2D eigenvalue weighted by atomic mass is 14.7. The van der Waals surface area contributed by atoms with E-state index in [0.29, 0.717) is 5.41 Å². The molecule has 0 aliphatic carbocycles. The molecule has 0 saturated heterocycles. The van der Waals surface area contributed by atoms with Crippen LogP contribution in [-0.2, 0) is 0 Å². The van der Waals surface area contributed by atoms with Crippen molar-refractivity contribution in [2.24, 2.45) is 16.9 Å². The van der Waals surface area contributed by atoms with Crippen LogP contribution in [0.15, 0.2) is 0 Å². The third-order valence-corrected chi connectivity index (χ3v) is 1.52. The molecule has 12 heavy (non-hydrogen) atoms. The Bertz CT molecular complexity index is 81.4. The van der Waals surface area contributed by atoms with Crippen molar-refractivity contribution in [3.05, 3.63) is 0 Å². The molecule has 0 radical (unpaired) electrons. The average Bonchev–Trinajstić information content (AvgIpc) is 1.86. The molecule has 76 valence electrons. The van der Waals surface area contributed by atoms with Gasteiger partial charge in [0.15, 0.2) is 0 Å². The van der Waals surface area contributed by atoms with Gasteiger partial charge in [0.25, 0.3) is 0 Å². The van der Waals surface area contributed by atoms with Gasteiger partial charge in [-0.3, -0.25) is 0 Å². The Kier molecular flexibility index (Phi) is 6.68. The summed E-state index contributed by atoms with van der Waals surface area (Å²) >= 11 is 0. The Morgan fingerprint density at radius 1 is 1.00 bits per heavy atom. The van der Waals surface area contributed by atoms with E-state index in [1.807, 2.05) is 13.8 Å².